The SMILES string of the molecule is CCCC1CCC(c2ccc(C(=O)Oc3ccc(C#N)c(F)c3)c(OC)c2)CC1. The van der Waals surface area contributed by atoms with Crippen molar-refractivity contribution in [3.8, 4) is 17.6 Å². The van der Waals surface area contributed by atoms with Gasteiger partial charge in [0.1, 0.15) is 28.9 Å². The molecule has 0 spiro atoms. The van der Waals surface area contributed by atoms with Crippen molar-refractivity contribution < 1.29 is 18.7 Å². The van der Waals surface area contributed by atoms with Gasteiger partial charge in [-0.15, -0.1) is 0 Å². The first-order chi connectivity index (χ1) is 14.0. The lowest BCUT2D eigenvalue weighted by molar-refractivity contribution is 0.0731. The molecule has 0 unspecified atom stereocenters. The first-order valence-electron chi connectivity index (χ1n) is 10.2. The Morgan fingerprint density at radius 2 is 1.93 bits per heavy atom. The Hall–Kier alpha value is -2.87. The lowest BCUT2D eigenvalue weighted by atomic mass is 9.77. The summed E-state index contributed by atoms with van der Waals surface area (Å²) in [5.74, 6) is 0.474. The molecule has 0 aromatic heterocycles. The molecule has 0 bridgehead atoms. The number of nitriles is 1. The van der Waals surface area contributed by atoms with Crippen molar-refractivity contribution in [2.45, 2.75) is 51.4 Å². The summed E-state index contributed by atoms with van der Waals surface area (Å²) >= 11 is 0. The molecule has 29 heavy (non-hydrogen) atoms. The lowest BCUT2D eigenvalue weighted by Gasteiger charge is -2.29. The van der Waals surface area contributed by atoms with E-state index in [9.17, 15) is 9.18 Å². The van der Waals surface area contributed by atoms with Crippen LogP contribution in [0.3, 0.4) is 0 Å². The molecule has 152 valence electrons. The second kappa shape index (κ2) is 9.56. The van der Waals surface area contributed by atoms with Crippen LogP contribution in [0.4, 0.5) is 4.39 Å². The third kappa shape index (κ3) is 4.95. The summed E-state index contributed by atoms with van der Waals surface area (Å²) in [5.41, 5.74) is 1.37. The van der Waals surface area contributed by atoms with Gasteiger partial charge in [0, 0.05) is 6.07 Å². The number of hydrogen-bond acceptors (Lipinski definition) is 4. The van der Waals surface area contributed by atoms with Crippen molar-refractivity contribution in [1.82, 2.24) is 0 Å². The molecule has 2 aromatic rings. The highest BCUT2D eigenvalue weighted by molar-refractivity contribution is 5.94. The highest BCUT2D eigenvalue weighted by Gasteiger charge is 2.24. The quantitative estimate of drug-likeness (QED) is 0.445. The van der Waals surface area contributed by atoms with Crippen molar-refractivity contribution in [2.75, 3.05) is 7.11 Å². The number of rotatable bonds is 6. The third-order valence-corrected chi connectivity index (χ3v) is 5.73. The van der Waals surface area contributed by atoms with Crippen molar-refractivity contribution in [1.29, 1.82) is 5.26 Å². The van der Waals surface area contributed by atoms with Crippen LogP contribution in [0.15, 0.2) is 36.4 Å². The maximum Gasteiger partial charge on any atom is 0.347 e. The zero-order chi connectivity index (χ0) is 20.8. The second-order valence-corrected chi connectivity index (χ2v) is 7.61. The Morgan fingerprint density at radius 3 is 2.55 bits per heavy atom. The Bertz CT molecular complexity index is 911. The minimum atomic E-state index is -0.723. The molecule has 1 saturated carbocycles. The summed E-state index contributed by atoms with van der Waals surface area (Å²) in [4.78, 5) is 12.6. The van der Waals surface area contributed by atoms with Crippen LogP contribution in [0, 0.1) is 23.1 Å². The maximum absolute atomic E-state index is 13.7. The van der Waals surface area contributed by atoms with E-state index < -0.39 is 11.8 Å². The van der Waals surface area contributed by atoms with E-state index >= 15 is 0 Å². The van der Waals surface area contributed by atoms with Gasteiger partial charge in [0.15, 0.2) is 0 Å². The first kappa shape index (κ1) is 20.9. The van der Waals surface area contributed by atoms with E-state index in [1.165, 1.54) is 50.5 Å². The fourth-order valence-electron chi connectivity index (χ4n) is 4.14. The molecule has 0 atom stereocenters. The van der Waals surface area contributed by atoms with E-state index in [1.807, 2.05) is 12.1 Å². The minimum absolute atomic E-state index is 0.0480. The molecule has 0 N–H and O–H groups in total. The average Bonchev–Trinajstić information content (AvgIpc) is 2.74. The zero-order valence-electron chi connectivity index (χ0n) is 16.9. The van der Waals surface area contributed by atoms with E-state index in [1.54, 1.807) is 12.1 Å². The molecule has 1 aliphatic carbocycles. The molecular formula is C24H26FNO3. The average molecular weight is 395 g/mol. The van der Waals surface area contributed by atoms with Gasteiger partial charge in [-0.25, -0.2) is 9.18 Å². The van der Waals surface area contributed by atoms with Crippen LogP contribution in [0.2, 0.25) is 0 Å². The molecule has 0 radical (unpaired) electrons. The Kier molecular flexibility index (Phi) is 6.87. The largest absolute Gasteiger partial charge is 0.496 e. The summed E-state index contributed by atoms with van der Waals surface area (Å²) in [7, 11) is 1.52. The molecule has 0 heterocycles. The van der Waals surface area contributed by atoms with Crippen LogP contribution in [0.1, 0.15) is 72.9 Å². The van der Waals surface area contributed by atoms with Crippen LogP contribution in [-0.4, -0.2) is 13.1 Å². The van der Waals surface area contributed by atoms with Gasteiger partial charge in [-0.3, -0.25) is 0 Å². The number of carbonyl (C=O) groups excluding carboxylic acids is 1. The Balaban J connectivity index is 1.72. The molecule has 0 saturated heterocycles. The number of nitrogens with zero attached hydrogens (tertiary/aromatic N) is 1. The number of halogens is 1. The van der Waals surface area contributed by atoms with Crippen molar-refractivity contribution in [3.63, 3.8) is 0 Å². The number of methoxy groups -OCH3 is 1. The van der Waals surface area contributed by atoms with Crippen LogP contribution < -0.4 is 9.47 Å². The standard InChI is InChI=1S/C24H26FNO3/c1-3-4-16-5-7-17(8-6-16)18-10-12-21(23(13-18)28-2)24(27)29-20-11-9-19(15-26)22(25)14-20/h9-14,16-17H,3-8H2,1-2H3. The number of benzene rings is 2. The molecule has 0 amide bonds. The van der Waals surface area contributed by atoms with E-state index in [2.05, 4.69) is 6.92 Å². The molecule has 2 aromatic carbocycles. The van der Waals surface area contributed by atoms with Crippen molar-refractivity contribution in [3.05, 3.63) is 58.9 Å². The zero-order valence-corrected chi connectivity index (χ0v) is 16.9. The normalized spacial score (nSPS) is 18.7. The molecule has 3 rings (SSSR count). The maximum atomic E-state index is 13.7. The van der Waals surface area contributed by atoms with E-state index in [0.29, 0.717) is 17.2 Å². The summed E-state index contributed by atoms with van der Waals surface area (Å²) in [6, 6.07) is 11.0. The van der Waals surface area contributed by atoms with Gasteiger partial charge in [0.2, 0.25) is 0 Å². The number of esters is 1. The Labute approximate surface area is 171 Å². The fourth-order valence-corrected chi connectivity index (χ4v) is 4.14. The lowest BCUT2D eigenvalue weighted by Crippen LogP contribution is -2.14. The fraction of sp³-hybridized carbons (Fsp3) is 0.417. The summed E-state index contributed by atoms with van der Waals surface area (Å²) in [5, 5.41) is 8.80. The molecular weight excluding hydrogens is 369 g/mol. The van der Waals surface area contributed by atoms with Crippen LogP contribution in [-0.2, 0) is 0 Å². The second-order valence-electron chi connectivity index (χ2n) is 7.61. The highest BCUT2D eigenvalue weighted by Crippen LogP contribution is 2.39. The predicted octanol–water partition coefficient (Wildman–Crippen LogP) is 6.00. The summed E-state index contributed by atoms with van der Waals surface area (Å²) in [6.45, 7) is 2.24. The first-order valence-corrected chi connectivity index (χ1v) is 10.2. The van der Waals surface area contributed by atoms with Gasteiger partial charge in [-0.05, 0) is 67.3 Å². The van der Waals surface area contributed by atoms with Crippen LogP contribution >= 0.6 is 0 Å². The summed E-state index contributed by atoms with van der Waals surface area (Å²) < 4.78 is 24.5. The molecule has 5 heteroatoms. The molecule has 0 aliphatic heterocycles. The van der Waals surface area contributed by atoms with Crippen LogP contribution in [0.25, 0.3) is 0 Å². The van der Waals surface area contributed by atoms with Gasteiger partial charge >= 0.3 is 5.97 Å². The van der Waals surface area contributed by atoms with Crippen LogP contribution in [0.5, 0.6) is 11.5 Å². The molecule has 1 fully saturated rings. The number of ether oxygens (including phenoxy) is 2. The van der Waals surface area contributed by atoms with Crippen molar-refractivity contribution >= 4 is 5.97 Å². The number of hydrogen-bond donors (Lipinski definition) is 0. The van der Waals surface area contributed by atoms with Gasteiger partial charge in [-0.2, -0.15) is 5.26 Å². The van der Waals surface area contributed by atoms with Gasteiger partial charge in [0.25, 0.3) is 0 Å². The monoisotopic (exact) mass is 395 g/mol. The van der Waals surface area contributed by atoms with Gasteiger partial charge in [-0.1, -0.05) is 25.8 Å². The highest BCUT2D eigenvalue weighted by atomic mass is 19.1. The Morgan fingerprint density at radius 1 is 1.17 bits per heavy atom. The third-order valence-electron chi connectivity index (χ3n) is 5.73. The van der Waals surface area contributed by atoms with E-state index in [0.717, 1.165) is 24.8 Å². The van der Waals surface area contributed by atoms with Gasteiger partial charge in [0.05, 0.1) is 12.7 Å². The predicted molar refractivity (Wildman–Crippen MR) is 109 cm³/mol. The smallest absolute Gasteiger partial charge is 0.347 e. The summed E-state index contributed by atoms with van der Waals surface area (Å²) in [6.07, 6.45) is 7.34. The number of carbonyl (C=O) groups is 1. The molecule has 1 aliphatic rings. The van der Waals surface area contributed by atoms with Gasteiger partial charge < -0.3 is 9.47 Å². The van der Waals surface area contributed by atoms with Crippen molar-refractivity contribution in [2.24, 2.45) is 5.92 Å². The topological polar surface area (TPSA) is 59.3 Å². The molecule has 4 nitrogen and oxygen atoms in total. The minimum Gasteiger partial charge on any atom is -0.496 e. The van der Waals surface area contributed by atoms with E-state index in [-0.39, 0.29) is 11.3 Å². The van der Waals surface area contributed by atoms with E-state index in [4.69, 9.17) is 14.7 Å².